The van der Waals surface area contributed by atoms with E-state index >= 15 is 0 Å². The normalized spacial score (nSPS) is 33.0. The van der Waals surface area contributed by atoms with Crippen LogP contribution in [0.2, 0.25) is 0 Å². The Kier molecular flexibility index (Phi) is 2.28. The average molecular weight is 175 g/mol. The van der Waals surface area contributed by atoms with Gasteiger partial charge >= 0.3 is 0 Å². The van der Waals surface area contributed by atoms with E-state index in [0.717, 1.165) is 25.1 Å². The second kappa shape index (κ2) is 2.77. The van der Waals surface area contributed by atoms with Crippen molar-refractivity contribution in [3.8, 4) is 0 Å². The topological polar surface area (TPSA) is 29.4 Å². The quantitative estimate of drug-likeness (QED) is 0.554. The van der Waals surface area contributed by atoms with Gasteiger partial charge in [-0.05, 0) is 33.6 Å². The average Bonchev–Trinajstić information content (AvgIpc) is 1.87. The highest BCUT2D eigenvalue weighted by molar-refractivity contribution is 7.94. The fourth-order valence-corrected chi connectivity index (χ4v) is 3.33. The molecule has 1 unspecified atom stereocenters. The Balaban J connectivity index is 2.99. The van der Waals surface area contributed by atoms with E-state index in [1.54, 1.807) is 0 Å². The molecule has 1 aliphatic rings. The lowest BCUT2D eigenvalue weighted by atomic mass is 10.3. The molecule has 3 heteroatoms. The van der Waals surface area contributed by atoms with Crippen molar-refractivity contribution < 1.29 is 4.21 Å². The fraction of sp³-hybridized carbons (Fsp3) is 1.00. The zero-order valence-electron chi connectivity index (χ0n) is 7.59. The second-order valence-corrected chi connectivity index (χ2v) is 7.19. The summed E-state index contributed by atoms with van der Waals surface area (Å²) >= 11 is 0. The SMILES string of the molecule is CC(C)(C)S1(=O)=NCCCC1. The first-order valence-corrected chi connectivity index (χ1v) is 5.84. The molecule has 0 aliphatic carbocycles. The molecule has 66 valence electrons. The molecule has 0 saturated heterocycles. The molecule has 0 bridgehead atoms. The third-order valence-electron chi connectivity index (χ3n) is 2.09. The van der Waals surface area contributed by atoms with Gasteiger partial charge in [-0.1, -0.05) is 0 Å². The van der Waals surface area contributed by atoms with Crippen molar-refractivity contribution in [2.45, 2.75) is 38.4 Å². The van der Waals surface area contributed by atoms with Gasteiger partial charge in [0.1, 0.15) is 0 Å². The molecule has 0 saturated carbocycles. The molecule has 0 aromatic carbocycles. The summed E-state index contributed by atoms with van der Waals surface area (Å²) in [5, 5.41) is 0. The summed E-state index contributed by atoms with van der Waals surface area (Å²) in [6, 6.07) is 0. The van der Waals surface area contributed by atoms with Gasteiger partial charge < -0.3 is 0 Å². The first-order valence-electron chi connectivity index (χ1n) is 4.16. The largest absolute Gasteiger partial charge is 0.249 e. The highest BCUT2D eigenvalue weighted by atomic mass is 32.2. The summed E-state index contributed by atoms with van der Waals surface area (Å²) in [5.74, 6) is 0.802. The van der Waals surface area contributed by atoms with Crippen LogP contribution in [0, 0.1) is 0 Å². The van der Waals surface area contributed by atoms with Gasteiger partial charge in [-0.3, -0.25) is 0 Å². The molecule has 2 nitrogen and oxygen atoms in total. The van der Waals surface area contributed by atoms with Crippen molar-refractivity contribution in [2.24, 2.45) is 4.36 Å². The highest BCUT2D eigenvalue weighted by Gasteiger charge is 2.27. The summed E-state index contributed by atoms with van der Waals surface area (Å²) in [5.41, 5.74) is 0. The van der Waals surface area contributed by atoms with Crippen LogP contribution in [0.5, 0.6) is 0 Å². The number of hydrogen-bond acceptors (Lipinski definition) is 2. The van der Waals surface area contributed by atoms with E-state index in [-0.39, 0.29) is 4.75 Å². The fourth-order valence-electron chi connectivity index (χ4n) is 1.19. The predicted molar refractivity (Wildman–Crippen MR) is 49.3 cm³/mol. The molecular weight excluding hydrogens is 158 g/mol. The molecule has 1 aliphatic heterocycles. The first-order chi connectivity index (χ1) is 4.96. The number of nitrogens with zero attached hydrogens (tertiary/aromatic N) is 1. The highest BCUT2D eigenvalue weighted by Crippen LogP contribution is 2.23. The van der Waals surface area contributed by atoms with E-state index < -0.39 is 9.73 Å². The molecule has 1 rings (SSSR count). The lowest BCUT2D eigenvalue weighted by Gasteiger charge is -2.26. The Morgan fingerprint density at radius 2 is 1.91 bits per heavy atom. The summed E-state index contributed by atoms with van der Waals surface area (Å²) in [4.78, 5) is 0. The molecule has 0 aromatic rings. The summed E-state index contributed by atoms with van der Waals surface area (Å²) < 4.78 is 16.2. The number of hydrogen-bond donors (Lipinski definition) is 0. The second-order valence-electron chi connectivity index (χ2n) is 4.02. The van der Waals surface area contributed by atoms with E-state index in [1.807, 2.05) is 20.8 Å². The van der Waals surface area contributed by atoms with Gasteiger partial charge in [-0.25, -0.2) is 8.57 Å². The maximum absolute atomic E-state index is 12.1. The Morgan fingerprint density at radius 1 is 1.27 bits per heavy atom. The molecule has 0 aromatic heterocycles. The van der Waals surface area contributed by atoms with Gasteiger partial charge in [0.15, 0.2) is 0 Å². The zero-order chi connectivity index (χ0) is 8.54. The monoisotopic (exact) mass is 175 g/mol. The van der Waals surface area contributed by atoms with Gasteiger partial charge in [0.05, 0.1) is 9.73 Å². The molecule has 11 heavy (non-hydrogen) atoms. The van der Waals surface area contributed by atoms with Gasteiger partial charge in [-0.15, -0.1) is 0 Å². The van der Waals surface area contributed by atoms with Crippen LogP contribution in [0.1, 0.15) is 33.6 Å². The Morgan fingerprint density at radius 3 is 2.18 bits per heavy atom. The minimum Gasteiger partial charge on any atom is -0.249 e. The van der Waals surface area contributed by atoms with E-state index in [1.165, 1.54) is 0 Å². The molecule has 0 spiro atoms. The van der Waals surface area contributed by atoms with Crippen LogP contribution < -0.4 is 0 Å². The molecule has 0 fully saturated rings. The van der Waals surface area contributed by atoms with Crippen molar-refractivity contribution in [1.82, 2.24) is 0 Å². The van der Waals surface area contributed by atoms with E-state index in [4.69, 9.17) is 0 Å². The van der Waals surface area contributed by atoms with Crippen molar-refractivity contribution in [1.29, 1.82) is 0 Å². The maximum Gasteiger partial charge on any atom is 0.0517 e. The van der Waals surface area contributed by atoms with Gasteiger partial charge in [-0.2, -0.15) is 0 Å². The minimum atomic E-state index is -1.88. The van der Waals surface area contributed by atoms with E-state index in [9.17, 15) is 4.21 Å². The van der Waals surface area contributed by atoms with Crippen LogP contribution in [-0.2, 0) is 9.73 Å². The third-order valence-corrected chi connectivity index (χ3v) is 5.44. The Hall–Kier alpha value is -0.0500. The van der Waals surface area contributed by atoms with Crippen LogP contribution in [-0.4, -0.2) is 21.3 Å². The summed E-state index contributed by atoms with van der Waals surface area (Å²) in [6.07, 6.45) is 2.20. The zero-order valence-corrected chi connectivity index (χ0v) is 8.41. The van der Waals surface area contributed by atoms with Crippen LogP contribution in [0.25, 0.3) is 0 Å². The standard InChI is InChI=1S/C8H17NOS/c1-8(2,3)11(10)7-5-4-6-9-11/h4-7H2,1-3H3. The Labute approximate surface area is 69.6 Å². The molecule has 1 atom stereocenters. The summed E-state index contributed by atoms with van der Waals surface area (Å²) in [6.45, 7) is 6.86. The maximum atomic E-state index is 12.1. The Bertz CT molecular complexity index is 243. The first kappa shape index (κ1) is 9.04. The van der Waals surface area contributed by atoms with Gasteiger partial charge in [0.25, 0.3) is 0 Å². The lowest BCUT2D eigenvalue weighted by molar-refractivity contribution is 0.621. The van der Waals surface area contributed by atoms with Gasteiger partial charge in [0.2, 0.25) is 0 Å². The van der Waals surface area contributed by atoms with Crippen molar-refractivity contribution in [3.05, 3.63) is 0 Å². The smallest absolute Gasteiger partial charge is 0.0517 e. The minimum absolute atomic E-state index is 0.132. The lowest BCUT2D eigenvalue weighted by Crippen LogP contribution is -2.32. The van der Waals surface area contributed by atoms with Gasteiger partial charge in [0, 0.05) is 17.0 Å². The van der Waals surface area contributed by atoms with E-state index in [0.29, 0.717) is 0 Å². The molecular formula is C8H17NOS. The van der Waals surface area contributed by atoms with E-state index in [2.05, 4.69) is 4.36 Å². The predicted octanol–water partition coefficient (Wildman–Crippen LogP) is 2.05. The summed E-state index contributed by atoms with van der Waals surface area (Å²) in [7, 11) is -1.88. The molecule has 0 radical (unpaired) electrons. The third kappa shape index (κ3) is 1.75. The molecule has 1 heterocycles. The molecule has 0 amide bonds. The van der Waals surface area contributed by atoms with Crippen LogP contribution in [0.3, 0.4) is 0 Å². The van der Waals surface area contributed by atoms with Crippen molar-refractivity contribution in [2.75, 3.05) is 12.3 Å². The van der Waals surface area contributed by atoms with Crippen molar-refractivity contribution in [3.63, 3.8) is 0 Å². The van der Waals surface area contributed by atoms with Crippen LogP contribution in [0.4, 0.5) is 0 Å². The van der Waals surface area contributed by atoms with Crippen molar-refractivity contribution >= 4 is 9.73 Å². The molecule has 0 N–H and O–H groups in total. The van der Waals surface area contributed by atoms with Crippen LogP contribution in [0.15, 0.2) is 4.36 Å². The van der Waals surface area contributed by atoms with Crippen LogP contribution >= 0.6 is 0 Å². The number of rotatable bonds is 0.